The zero-order chi connectivity index (χ0) is 15.1. The summed E-state index contributed by atoms with van der Waals surface area (Å²) in [6.07, 6.45) is 0.667. The molecule has 0 amide bonds. The van der Waals surface area contributed by atoms with Crippen LogP contribution in [0.3, 0.4) is 0 Å². The predicted octanol–water partition coefficient (Wildman–Crippen LogP) is 1.01. The van der Waals surface area contributed by atoms with Gasteiger partial charge in [0.1, 0.15) is 11.9 Å². The first-order chi connectivity index (χ1) is 10.2. The van der Waals surface area contributed by atoms with Crippen LogP contribution in [0.5, 0.6) is 0 Å². The Morgan fingerprint density at radius 2 is 2.38 bits per heavy atom. The van der Waals surface area contributed by atoms with Crippen LogP contribution in [-0.2, 0) is 14.2 Å². The van der Waals surface area contributed by atoms with E-state index in [0.29, 0.717) is 32.2 Å². The molecular weight excluding hydrogens is 276 g/mol. The van der Waals surface area contributed by atoms with Gasteiger partial charge in [0.2, 0.25) is 0 Å². The fourth-order valence-electron chi connectivity index (χ4n) is 2.15. The maximum Gasteiger partial charge on any atom is 0.354 e. The highest BCUT2D eigenvalue weighted by atomic mass is 16.6. The van der Waals surface area contributed by atoms with Crippen molar-refractivity contribution < 1.29 is 24.1 Å². The molecule has 0 bridgehead atoms. The van der Waals surface area contributed by atoms with Crippen molar-refractivity contribution in [2.75, 3.05) is 38.9 Å². The van der Waals surface area contributed by atoms with E-state index < -0.39 is 5.97 Å². The van der Waals surface area contributed by atoms with E-state index in [4.69, 9.17) is 19.3 Å². The summed E-state index contributed by atoms with van der Waals surface area (Å²) in [4.78, 5) is 15.0. The molecule has 0 spiro atoms. The number of carbonyl (C=O) groups is 1. The first-order valence-corrected chi connectivity index (χ1v) is 6.86. The van der Waals surface area contributed by atoms with Gasteiger partial charge in [0.05, 0.1) is 25.9 Å². The van der Waals surface area contributed by atoms with Crippen LogP contribution in [-0.4, -0.2) is 61.7 Å². The van der Waals surface area contributed by atoms with Crippen molar-refractivity contribution in [1.29, 1.82) is 0 Å². The predicted molar refractivity (Wildman–Crippen MR) is 75.7 cm³/mol. The summed E-state index contributed by atoms with van der Waals surface area (Å²) >= 11 is 0. The van der Waals surface area contributed by atoms with Crippen LogP contribution in [0.1, 0.15) is 16.9 Å². The Kier molecular flexibility index (Phi) is 5.91. The molecule has 1 aromatic heterocycles. The van der Waals surface area contributed by atoms with Crippen molar-refractivity contribution in [3.8, 4) is 0 Å². The number of ether oxygens (including phenoxy) is 3. The standard InChI is InChI=1S/C14H20N2O5/c1-19-7-8-21-12-9-20-6-5-10(12)15-13-4-2-3-11(16-13)14(17)18/h2-4,10,12H,5-9H2,1H3,(H,15,16)(H,17,18). The van der Waals surface area contributed by atoms with E-state index in [9.17, 15) is 4.79 Å². The average Bonchev–Trinajstić information content (AvgIpc) is 2.49. The third kappa shape index (κ3) is 4.66. The molecule has 2 unspecified atom stereocenters. The van der Waals surface area contributed by atoms with Crippen molar-refractivity contribution in [1.82, 2.24) is 4.98 Å². The minimum atomic E-state index is -1.04. The highest BCUT2D eigenvalue weighted by molar-refractivity contribution is 5.85. The molecule has 7 heteroatoms. The van der Waals surface area contributed by atoms with E-state index in [1.54, 1.807) is 19.2 Å². The molecule has 0 radical (unpaired) electrons. The Bertz CT molecular complexity index is 468. The van der Waals surface area contributed by atoms with E-state index in [1.807, 2.05) is 0 Å². The Labute approximate surface area is 123 Å². The second-order valence-corrected chi connectivity index (χ2v) is 4.73. The Morgan fingerprint density at radius 1 is 1.52 bits per heavy atom. The topological polar surface area (TPSA) is 89.9 Å². The molecule has 1 aromatic rings. The molecule has 7 nitrogen and oxygen atoms in total. The summed E-state index contributed by atoms with van der Waals surface area (Å²) in [5, 5.41) is 12.2. The number of nitrogens with zero attached hydrogens (tertiary/aromatic N) is 1. The highest BCUT2D eigenvalue weighted by Crippen LogP contribution is 2.17. The van der Waals surface area contributed by atoms with Crippen LogP contribution in [0, 0.1) is 0 Å². The summed E-state index contributed by atoms with van der Waals surface area (Å²) in [5.41, 5.74) is 0.0175. The molecule has 0 aromatic carbocycles. The molecule has 2 N–H and O–H groups in total. The van der Waals surface area contributed by atoms with Crippen molar-refractivity contribution in [2.24, 2.45) is 0 Å². The van der Waals surface area contributed by atoms with Crippen LogP contribution < -0.4 is 5.32 Å². The number of nitrogens with one attached hydrogen (secondary N) is 1. The van der Waals surface area contributed by atoms with E-state index in [1.165, 1.54) is 6.07 Å². The number of anilines is 1. The van der Waals surface area contributed by atoms with Gasteiger partial charge in [-0.15, -0.1) is 0 Å². The number of hydrogen-bond donors (Lipinski definition) is 2. The number of pyridine rings is 1. The molecule has 1 saturated heterocycles. The SMILES string of the molecule is COCCOC1COCCC1Nc1cccc(C(=O)O)n1. The molecule has 1 aliphatic heterocycles. The smallest absolute Gasteiger partial charge is 0.354 e. The number of hydrogen-bond acceptors (Lipinski definition) is 6. The zero-order valence-electron chi connectivity index (χ0n) is 11.9. The molecule has 0 saturated carbocycles. The van der Waals surface area contributed by atoms with Crippen LogP contribution in [0.15, 0.2) is 18.2 Å². The Morgan fingerprint density at radius 3 is 3.14 bits per heavy atom. The van der Waals surface area contributed by atoms with Crippen LogP contribution in [0.2, 0.25) is 0 Å². The van der Waals surface area contributed by atoms with Gasteiger partial charge in [-0.2, -0.15) is 0 Å². The maximum atomic E-state index is 10.9. The quantitative estimate of drug-likeness (QED) is 0.726. The first kappa shape index (κ1) is 15.7. The molecule has 2 rings (SSSR count). The fraction of sp³-hybridized carbons (Fsp3) is 0.571. The summed E-state index contributed by atoms with van der Waals surface area (Å²) in [5.74, 6) is -0.513. The monoisotopic (exact) mass is 296 g/mol. The van der Waals surface area contributed by atoms with Gasteiger partial charge in [-0.1, -0.05) is 6.07 Å². The minimum Gasteiger partial charge on any atom is -0.477 e. The van der Waals surface area contributed by atoms with Crippen molar-refractivity contribution >= 4 is 11.8 Å². The summed E-state index contributed by atoms with van der Waals surface area (Å²) in [7, 11) is 1.62. The van der Waals surface area contributed by atoms with Gasteiger partial charge in [0, 0.05) is 13.7 Å². The molecule has 1 aliphatic rings. The molecular formula is C14H20N2O5. The minimum absolute atomic E-state index is 0.0175. The molecule has 2 heterocycles. The van der Waals surface area contributed by atoms with Gasteiger partial charge < -0.3 is 24.6 Å². The van der Waals surface area contributed by atoms with Crippen molar-refractivity contribution in [3.63, 3.8) is 0 Å². The van der Waals surface area contributed by atoms with Crippen LogP contribution in [0.25, 0.3) is 0 Å². The number of rotatable bonds is 7. The highest BCUT2D eigenvalue weighted by Gasteiger charge is 2.26. The maximum absolute atomic E-state index is 10.9. The number of carboxylic acids is 1. The zero-order valence-corrected chi connectivity index (χ0v) is 11.9. The largest absolute Gasteiger partial charge is 0.477 e. The number of methoxy groups -OCH3 is 1. The third-order valence-electron chi connectivity index (χ3n) is 3.22. The average molecular weight is 296 g/mol. The Hall–Kier alpha value is -1.70. The summed E-state index contributed by atoms with van der Waals surface area (Å²) in [6.45, 7) is 2.15. The normalized spacial score (nSPS) is 22.0. The lowest BCUT2D eigenvalue weighted by atomic mass is 10.1. The first-order valence-electron chi connectivity index (χ1n) is 6.86. The fourth-order valence-corrected chi connectivity index (χ4v) is 2.15. The molecule has 1 fully saturated rings. The Balaban J connectivity index is 1.98. The van der Waals surface area contributed by atoms with E-state index in [2.05, 4.69) is 10.3 Å². The summed E-state index contributed by atoms with van der Waals surface area (Å²) in [6, 6.07) is 4.91. The third-order valence-corrected chi connectivity index (χ3v) is 3.22. The van der Waals surface area contributed by atoms with Gasteiger partial charge >= 0.3 is 5.97 Å². The lowest BCUT2D eigenvalue weighted by Gasteiger charge is -2.32. The van der Waals surface area contributed by atoms with E-state index in [-0.39, 0.29) is 17.8 Å². The van der Waals surface area contributed by atoms with Gasteiger partial charge in [-0.05, 0) is 18.6 Å². The molecule has 116 valence electrons. The van der Waals surface area contributed by atoms with Gasteiger partial charge in [-0.3, -0.25) is 0 Å². The van der Waals surface area contributed by atoms with Gasteiger partial charge in [-0.25, -0.2) is 9.78 Å². The molecule has 2 atom stereocenters. The lowest BCUT2D eigenvalue weighted by Crippen LogP contribution is -2.44. The molecule has 21 heavy (non-hydrogen) atoms. The van der Waals surface area contributed by atoms with Gasteiger partial charge in [0.25, 0.3) is 0 Å². The second-order valence-electron chi connectivity index (χ2n) is 4.73. The van der Waals surface area contributed by atoms with E-state index >= 15 is 0 Å². The number of aromatic nitrogens is 1. The van der Waals surface area contributed by atoms with Crippen molar-refractivity contribution in [3.05, 3.63) is 23.9 Å². The van der Waals surface area contributed by atoms with Crippen LogP contribution >= 0.6 is 0 Å². The number of aromatic carboxylic acids is 1. The number of carboxylic acid groups (broad SMARTS) is 1. The molecule has 0 aliphatic carbocycles. The summed E-state index contributed by atoms with van der Waals surface area (Å²) < 4.78 is 16.1. The van der Waals surface area contributed by atoms with E-state index in [0.717, 1.165) is 6.42 Å². The van der Waals surface area contributed by atoms with Crippen molar-refractivity contribution in [2.45, 2.75) is 18.6 Å². The van der Waals surface area contributed by atoms with Crippen LogP contribution in [0.4, 0.5) is 5.82 Å². The second kappa shape index (κ2) is 7.92. The van der Waals surface area contributed by atoms with Gasteiger partial charge in [0.15, 0.2) is 5.69 Å². The lowest BCUT2D eigenvalue weighted by molar-refractivity contribution is -0.0674.